The molecule has 0 saturated heterocycles. The molecule has 1 amide bonds. The van der Waals surface area contributed by atoms with E-state index in [4.69, 9.17) is 10.2 Å². The van der Waals surface area contributed by atoms with Crippen LogP contribution in [0.2, 0.25) is 0 Å². The van der Waals surface area contributed by atoms with Gasteiger partial charge in [0.25, 0.3) is 5.91 Å². The first kappa shape index (κ1) is 11.3. The fourth-order valence-corrected chi connectivity index (χ4v) is 1.17. The van der Waals surface area contributed by atoms with Crippen LogP contribution in [-0.2, 0) is 14.4 Å². The van der Waals surface area contributed by atoms with Crippen molar-refractivity contribution in [3.8, 4) is 0 Å². The summed E-state index contributed by atoms with van der Waals surface area (Å²) >= 11 is 0. The topological polar surface area (TPSA) is 116 Å². The highest BCUT2D eigenvalue weighted by molar-refractivity contribution is 6.38. The Hall–Kier alpha value is -1.76. The third-order valence-corrected chi connectivity index (χ3v) is 1.95. The van der Waals surface area contributed by atoms with Crippen LogP contribution >= 0.6 is 0 Å². The highest BCUT2D eigenvalue weighted by atomic mass is 16.4. The van der Waals surface area contributed by atoms with Crippen molar-refractivity contribution in [1.29, 1.82) is 0 Å². The number of carbonyl (C=O) groups excluding carboxylic acids is 1. The molecular formula is C8H10N2O5. The summed E-state index contributed by atoms with van der Waals surface area (Å²) in [6.45, 7) is -0.0225. The third-order valence-electron chi connectivity index (χ3n) is 1.95. The van der Waals surface area contributed by atoms with E-state index >= 15 is 0 Å². The summed E-state index contributed by atoms with van der Waals surface area (Å²) in [7, 11) is 0. The second-order valence-corrected chi connectivity index (χ2v) is 3.07. The van der Waals surface area contributed by atoms with Crippen molar-refractivity contribution in [3.05, 3.63) is 0 Å². The number of nitrogens with one attached hydrogen (secondary N) is 1. The van der Waals surface area contributed by atoms with Crippen LogP contribution in [0.3, 0.4) is 0 Å². The Morgan fingerprint density at radius 3 is 2.60 bits per heavy atom. The van der Waals surface area contributed by atoms with E-state index in [1.54, 1.807) is 0 Å². The van der Waals surface area contributed by atoms with Gasteiger partial charge in [0.05, 0.1) is 6.04 Å². The first-order valence-corrected chi connectivity index (χ1v) is 4.30. The molecule has 0 saturated carbocycles. The van der Waals surface area contributed by atoms with Gasteiger partial charge in [-0.05, 0) is 6.42 Å². The Labute approximate surface area is 84.8 Å². The van der Waals surface area contributed by atoms with Crippen molar-refractivity contribution in [3.63, 3.8) is 0 Å². The van der Waals surface area contributed by atoms with Crippen LogP contribution in [0.5, 0.6) is 0 Å². The van der Waals surface area contributed by atoms with Gasteiger partial charge in [0, 0.05) is 13.0 Å². The lowest BCUT2D eigenvalue weighted by Crippen LogP contribution is -2.46. The molecule has 1 rings (SSSR count). The average Bonchev–Trinajstić information content (AvgIpc) is 2.15. The summed E-state index contributed by atoms with van der Waals surface area (Å²) in [6.07, 6.45) is -0.0358. The standard InChI is InChI=1S/C8H10N2O5/c11-6(12)2-1-4-7(13)10-5(3-9-4)8(14)15/h4,9H,1-3H2,(H,11,12)(H,14,15). The molecule has 0 aliphatic carbocycles. The molecule has 0 bridgehead atoms. The number of carboxylic acids is 2. The van der Waals surface area contributed by atoms with Crippen LogP contribution in [0.4, 0.5) is 0 Å². The highest BCUT2D eigenvalue weighted by Gasteiger charge is 2.26. The number of amides is 1. The predicted octanol–water partition coefficient (Wildman–Crippen LogP) is -1.12. The number of hydrogen-bond donors (Lipinski definition) is 3. The molecule has 1 aliphatic rings. The molecule has 0 aromatic carbocycles. The summed E-state index contributed by atoms with van der Waals surface area (Å²) in [4.78, 5) is 35.3. The van der Waals surface area contributed by atoms with Crippen LogP contribution in [0.1, 0.15) is 12.8 Å². The molecule has 1 unspecified atom stereocenters. The normalized spacial score (nSPS) is 20.9. The summed E-state index contributed by atoms with van der Waals surface area (Å²) < 4.78 is 0. The van der Waals surface area contributed by atoms with Crippen LogP contribution < -0.4 is 5.32 Å². The molecule has 0 aromatic rings. The van der Waals surface area contributed by atoms with E-state index in [1.165, 1.54) is 0 Å². The van der Waals surface area contributed by atoms with Gasteiger partial charge in [-0.3, -0.25) is 14.9 Å². The van der Waals surface area contributed by atoms with Gasteiger partial charge in [-0.2, -0.15) is 0 Å². The molecule has 1 heterocycles. The SMILES string of the molecule is O=C(O)CCC1NCC(C(=O)O)=NC1=O. The molecule has 1 atom stereocenters. The van der Waals surface area contributed by atoms with E-state index in [-0.39, 0.29) is 25.1 Å². The number of rotatable bonds is 4. The second-order valence-electron chi connectivity index (χ2n) is 3.07. The van der Waals surface area contributed by atoms with Crippen molar-refractivity contribution in [2.24, 2.45) is 4.99 Å². The molecule has 0 aromatic heterocycles. The van der Waals surface area contributed by atoms with Crippen LogP contribution in [0, 0.1) is 0 Å². The van der Waals surface area contributed by atoms with E-state index in [0.717, 1.165) is 0 Å². The molecule has 0 radical (unpaired) electrons. The maximum absolute atomic E-state index is 11.2. The molecule has 0 fully saturated rings. The van der Waals surface area contributed by atoms with Crippen LogP contribution in [0.15, 0.2) is 4.99 Å². The quantitative estimate of drug-likeness (QED) is 0.545. The second kappa shape index (κ2) is 4.65. The number of aliphatic imine (C=N–C) groups is 1. The minimum Gasteiger partial charge on any atom is -0.481 e. The maximum atomic E-state index is 11.2. The number of aliphatic carboxylic acids is 2. The number of hydrogen-bond acceptors (Lipinski definition) is 4. The van der Waals surface area contributed by atoms with Gasteiger partial charge in [-0.15, -0.1) is 0 Å². The van der Waals surface area contributed by atoms with Crippen molar-refractivity contribution in [2.75, 3.05) is 6.54 Å². The molecule has 1 aliphatic heterocycles. The molecule has 7 heteroatoms. The van der Waals surface area contributed by atoms with Gasteiger partial charge >= 0.3 is 11.9 Å². The van der Waals surface area contributed by atoms with E-state index in [1.807, 2.05) is 0 Å². The fraction of sp³-hybridized carbons (Fsp3) is 0.500. The maximum Gasteiger partial charge on any atom is 0.351 e. The lowest BCUT2D eigenvalue weighted by molar-refractivity contribution is -0.137. The Bertz CT molecular complexity index is 336. The van der Waals surface area contributed by atoms with Gasteiger partial charge in [0.2, 0.25) is 0 Å². The largest absolute Gasteiger partial charge is 0.481 e. The van der Waals surface area contributed by atoms with Crippen molar-refractivity contribution in [1.82, 2.24) is 5.32 Å². The van der Waals surface area contributed by atoms with Gasteiger partial charge in [0.15, 0.2) is 0 Å². The van der Waals surface area contributed by atoms with Gasteiger partial charge in [-0.25, -0.2) is 9.79 Å². The molecule has 0 spiro atoms. The van der Waals surface area contributed by atoms with Crippen LogP contribution in [-0.4, -0.2) is 46.4 Å². The summed E-state index contributed by atoms with van der Waals surface area (Å²) in [5.41, 5.74) is -0.244. The minimum atomic E-state index is -1.24. The molecule has 7 nitrogen and oxygen atoms in total. The van der Waals surface area contributed by atoms with Gasteiger partial charge in [-0.1, -0.05) is 0 Å². The van der Waals surface area contributed by atoms with Crippen molar-refractivity contribution >= 4 is 23.6 Å². The number of carboxylic acid groups (broad SMARTS) is 2. The number of nitrogens with zero attached hydrogens (tertiary/aromatic N) is 1. The summed E-state index contributed by atoms with van der Waals surface area (Å²) in [5.74, 6) is -2.87. The Morgan fingerprint density at radius 2 is 2.13 bits per heavy atom. The molecule has 15 heavy (non-hydrogen) atoms. The zero-order valence-corrected chi connectivity index (χ0v) is 7.77. The monoisotopic (exact) mass is 214 g/mol. The Balaban J connectivity index is 2.57. The average molecular weight is 214 g/mol. The third kappa shape index (κ3) is 3.13. The molecular weight excluding hydrogens is 204 g/mol. The Morgan fingerprint density at radius 1 is 1.47 bits per heavy atom. The Kier molecular flexibility index (Phi) is 3.51. The highest BCUT2D eigenvalue weighted by Crippen LogP contribution is 2.04. The first-order chi connectivity index (χ1) is 7.00. The summed E-state index contributed by atoms with van der Waals surface area (Å²) in [5, 5.41) is 19.6. The minimum absolute atomic E-state index is 0.0225. The van der Waals surface area contributed by atoms with Gasteiger partial charge in [0.1, 0.15) is 5.71 Å². The fourth-order valence-electron chi connectivity index (χ4n) is 1.17. The van der Waals surface area contributed by atoms with Crippen molar-refractivity contribution in [2.45, 2.75) is 18.9 Å². The van der Waals surface area contributed by atoms with E-state index < -0.39 is 23.9 Å². The predicted molar refractivity (Wildman–Crippen MR) is 48.7 cm³/mol. The van der Waals surface area contributed by atoms with E-state index in [0.29, 0.717) is 0 Å². The van der Waals surface area contributed by atoms with Crippen molar-refractivity contribution < 1.29 is 24.6 Å². The first-order valence-electron chi connectivity index (χ1n) is 4.30. The molecule has 82 valence electrons. The van der Waals surface area contributed by atoms with E-state index in [9.17, 15) is 14.4 Å². The zero-order valence-electron chi connectivity index (χ0n) is 7.77. The zero-order chi connectivity index (χ0) is 11.4. The summed E-state index contributed by atoms with van der Waals surface area (Å²) in [6, 6.07) is -0.691. The molecule has 3 N–H and O–H groups in total. The smallest absolute Gasteiger partial charge is 0.351 e. The van der Waals surface area contributed by atoms with E-state index in [2.05, 4.69) is 10.3 Å². The number of carbonyl (C=O) groups is 3. The van der Waals surface area contributed by atoms with Gasteiger partial charge < -0.3 is 10.2 Å². The van der Waals surface area contributed by atoms with Crippen LogP contribution in [0.25, 0.3) is 0 Å². The lowest BCUT2D eigenvalue weighted by atomic mass is 10.1. The lowest BCUT2D eigenvalue weighted by Gasteiger charge is -2.18.